The Morgan fingerprint density at radius 1 is 1.50 bits per heavy atom. The minimum Gasteiger partial charge on any atom is -0.307 e. The Bertz CT molecular complexity index is 192. The smallest absolute Gasteiger partial charge is 0.103 e. The van der Waals surface area contributed by atoms with Gasteiger partial charge in [-0.2, -0.15) is 0 Å². The van der Waals surface area contributed by atoms with Gasteiger partial charge >= 0.3 is 0 Å². The fourth-order valence-electron chi connectivity index (χ4n) is 0.763. The van der Waals surface area contributed by atoms with Crippen molar-refractivity contribution in [3.63, 3.8) is 0 Å². The van der Waals surface area contributed by atoms with Gasteiger partial charge in [0.15, 0.2) is 0 Å². The Morgan fingerprint density at radius 3 is 2.33 bits per heavy atom. The van der Waals surface area contributed by atoms with Gasteiger partial charge < -0.3 is 5.41 Å². The fraction of sp³-hybridized carbons (Fsp3) is 0.750. The van der Waals surface area contributed by atoms with Gasteiger partial charge in [0.05, 0.1) is 6.01 Å². The lowest BCUT2D eigenvalue weighted by atomic mass is 9.96. The number of aliphatic imine (C=N–C) groups is 1. The number of hydrogen-bond acceptors (Lipinski definition) is 3. The second-order valence-electron chi connectivity index (χ2n) is 3.01. The molecule has 0 bridgehead atoms. The quantitative estimate of drug-likeness (QED) is 0.639. The molecule has 0 atom stereocenters. The van der Waals surface area contributed by atoms with Gasteiger partial charge in [-0.15, -0.1) is 12.4 Å². The van der Waals surface area contributed by atoms with Crippen LogP contribution in [-0.4, -0.2) is 17.3 Å². The van der Waals surface area contributed by atoms with Crippen molar-refractivity contribution < 1.29 is 0 Å². The fourth-order valence-corrected chi connectivity index (χ4v) is 0.763. The maximum atomic E-state index is 7.58. The largest absolute Gasteiger partial charge is 0.307 e. The van der Waals surface area contributed by atoms with E-state index in [0.29, 0.717) is 5.71 Å². The maximum Gasteiger partial charge on any atom is 0.103 e. The van der Waals surface area contributed by atoms with Gasteiger partial charge in [-0.05, 0) is 20.3 Å². The van der Waals surface area contributed by atoms with Gasteiger partial charge in [-0.3, -0.25) is 0 Å². The van der Waals surface area contributed by atoms with Gasteiger partial charge in [0.1, 0.15) is 5.54 Å². The van der Waals surface area contributed by atoms with Crippen molar-refractivity contribution in [2.75, 3.05) is 0 Å². The number of hydrogen-bond donors (Lipinski definition) is 2. The molecule has 4 heteroatoms. The molecular weight excluding hydrogens is 174 g/mol. The summed E-state index contributed by atoms with van der Waals surface area (Å²) in [5.41, 5.74) is 0.0392. The Morgan fingerprint density at radius 2 is 2.00 bits per heavy atom. The molecular formula is C8H16ClN3. The van der Waals surface area contributed by atoms with E-state index in [1.807, 2.05) is 26.8 Å². The molecule has 0 heterocycles. The molecule has 0 radical (unpaired) electrons. The summed E-state index contributed by atoms with van der Waals surface area (Å²) in [6.07, 6.45) is 1.70. The monoisotopic (exact) mass is 189 g/mol. The first kappa shape index (κ1) is 13.9. The lowest BCUT2D eigenvalue weighted by molar-refractivity contribution is 0.677. The molecule has 0 aromatic carbocycles. The second-order valence-corrected chi connectivity index (χ2v) is 3.01. The lowest BCUT2D eigenvalue weighted by Crippen LogP contribution is -2.28. The van der Waals surface area contributed by atoms with Crippen LogP contribution in [-0.2, 0) is 0 Å². The predicted octanol–water partition coefficient (Wildman–Crippen LogP) is 2.76. The van der Waals surface area contributed by atoms with Crippen LogP contribution in [0.4, 0.5) is 0 Å². The van der Waals surface area contributed by atoms with Crippen molar-refractivity contribution in [1.29, 1.82) is 10.8 Å². The SMILES string of the molecule is CCCC(=N)C(C)(C)N=C=N.Cl. The van der Waals surface area contributed by atoms with Crippen LogP contribution in [0.2, 0.25) is 0 Å². The first-order chi connectivity index (χ1) is 5.04. The van der Waals surface area contributed by atoms with Crippen molar-refractivity contribution in [2.45, 2.75) is 39.2 Å². The number of rotatable bonds is 4. The normalized spacial score (nSPS) is 9.58. The minimum atomic E-state index is -0.530. The summed E-state index contributed by atoms with van der Waals surface area (Å²) in [5, 5.41) is 14.2. The van der Waals surface area contributed by atoms with Crippen LogP contribution >= 0.6 is 12.4 Å². The van der Waals surface area contributed by atoms with Crippen LogP contribution in [0, 0.1) is 10.8 Å². The Kier molecular flexibility index (Phi) is 6.86. The van der Waals surface area contributed by atoms with Crippen LogP contribution in [0.5, 0.6) is 0 Å². The highest BCUT2D eigenvalue weighted by molar-refractivity contribution is 5.90. The van der Waals surface area contributed by atoms with E-state index in [0.717, 1.165) is 12.8 Å². The molecule has 0 aromatic heterocycles. The number of nitrogens with zero attached hydrogens (tertiary/aromatic N) is 1. The summed E-state index contributed by atoms with van der Waals surface area (Å²) in [6.45, 7) is 5.68. The molecule has 3 nitrogen and oxygen atoms in total. The van der Waals surface area contributed by atoms with Gasteiger partial charge in [-0.25, -0.2) is 10.4 Å². The minimum absolute atomic E-state index is 0. The van der Waals surface area contributed by atoms with Crippen LogP contribution in [0.25, 0.3) is 0 Å². The number of nitrogens with one attached hydrogen (secondary N) is 2. The van der Waals surface area contributed by atoms with Crippen LogP contribution < -0.4 is 0 Å². The zero-order valence-electron chi connectivity index (χ0n) is 7.77. The average molecular weight is 190 g/mol. The van der Waals surface area contributed by atoms with Gasteiger partial charge in [0.25, 0.3) is 0 Å². The molecule has 0 aromatic rings. The zero-order valence-corrected chi connectivity index (χ0v) is 8.59. The van der Waals surface area contributed by atoms with Crippen molar-refractivity contribution in [3.8, 4) is 0 Å². The van der Waals surface area contributed by atoms with E-state index < -0.39 is 5.54 Å². The van der Waals surface area contributed by atoms with E-state index >= 15 is 0 Å². The highest BCUT2D eigenvalue weighted by Gasteiger charge is 2.20. The molecule has 0 rings (SSSR count). The molecule has 0 fully saturated rings. The van der Waals surface area contributed by atoms with Crippen molar-refractivity contribution >= 4 is 24.1 Å². The summed E-state index contributed by atoms with van der Waals surface area (Å²) >= 11 is 0. The lowest BCUT2D eigenvalue weighted by Gasteiger charge is -2.18. The van der Waals surface area contributed by atoms with E-state index in [4.69, 9.17) is 10.8 Å². The number of halogens is 1. The predicted molar refractivity (Wildman–Crippen MR) is 54.1 cm³/mol. The summed E-state index contributed by atoms with van der Waals surface area (Å²) in [6, 6.07) is 1.98. The van der Waals surface area contributed by atoms with Crippen molar-refractivity contribution in [3.05, 3.63) is 0 Å². The summed E-state index contributed by atoms with van der Waals surface area (Å²) in [5.74, 6) is 0. The molecule has 12 heavy (non-hydrogen) atoms. The summed E-state index contributed by atoms with van der Waals surface area (Å²) in [4.78, 5) is 3.77. The highest BCUT2D eigenvalue weighted by Crippen LogP contribution is 2.12. The Labute approximate surface area is 79.7 Å². The van der Waals surface area contributed by atoms with E-state index in [2.05, 4.69) is 4.99 Å². The first-order valence-corrected chi connectivity index (χ1v) is 3.76. The molecule has 0 aliphatic carbocycles. The maximum absolute atomic E-state index is 7.58. The average Bonchev–Trinajstić information content (AvgIpc) is 1.88. The van der Waals surface area contributed by atoms with E-state index in [1.165, 1.54) is 0 Å². The van der Waals surface area contributed by atoms with E-state index in [-0.39, 0.29) is 12.4 Å². The van der Waals surface area contributed by atoms with Gasteiger partial charge in [-0.1, -0.05) is 13.3 Å². The molecule has 0 saturated carbocycles. The molecule has 0 aliphatic rings. The first-order valence-electron chi connectivity index (χ1n) is 3.76. The van der Waals surface area contributed by atoms with Gasteiger partial charge in [0, 0.05) is 5.71 Å². The third-order valence-electron chi connectivity index (χ3n) is 1.57. The van der Waals surface area contributed by atoms with Crippen LogP contribution in [0.3, 0.4) is 0 Å². The third kappa shape index (κ3) is 4.27. The van der Waals surface area contributed by atoms with E-state index in [9.17, 15) is 0 Å². The molecule has 0 saturated heterocycles. The van der Waals surface area contributed by atoms with Crippen molar-refractivity contribution in [2.24, 2.45) is 4.99 Å². The van der Waals surface area contributed by atoms with Gasteiger partial charge in [0.2, 0.25) is 0 Å². The van der Waals surface area contributed by atoms with Crippen molar-refractivity contribution in [1.82, 2.24) is 0 Å². The third-order valence-corrected chi connectivity index (χ3v) is 1.57. The standard InChI is InChI=1S/C8H15N3.ClH/c1-4-5-7(10)8(2,3)11-6-9;/h9-10H,4-5H2,1-3H3;1H. The molecule has 70 valence electrons. The highest BCUT2D eigenvalue weighted by atomic mass is 35.5. The molecule has 2 N–H and O–H groups in total. The zero-order chi connectivity index (χ0) is 8.91. The summed E-state index contributed by atoms with van der Waals surface area (Å²) in [7, 11) is 0. The second kappa shape index (κ2) is 5.92. The molecule has 0 spiro atoms. The van der Waals surface area contributed by atoms with E-state index in [1.54, 1.807) is 0 Å². The topological polar surface area (TPSA) is 60.1 Å². The Balaban J connectivity index is 0. The summed E-state index contributed by atoms with van der Waals surface area (Å²) < 4.78 is 0. The molecule has 0 aliphatic heterocycles. The Hall–Kier alpha value is -0.660. The van der Waals surface area contributed by atoms with Crippen LogP contribution in [0.15, 0.2) is 4.99 Å². The van der Waals surface area contributed by atoms with Crippen LogP contribution in [0.1, 0.15) is 33.6 Å². The molecule has 0 unspecified atom stereocenters. The molecule has 0 amide bonds.